The van der Waals surface area contributed by atoms with Crippen molar-refractivity contribution in [1.29, 1.82) is 0 Å². The Labute approximate surface area is 159 Å². The fourth-order valence-electron chi connectivity index (χ4n) is 2.31. The van der Waals surface area contributed by atoms with E-state index < -0.39 is 0 Å². The third-order valence-corrected chi connectivity index (χ3v) is 4.80. The van der Waals surface area contributed by atoms with Gasteiger partial charge in [0.15, 0.2) is 0 Å². The topological polar surface area (TPSA) is 62.6 Å². The van der Waals surface area contributed by atoms with Crippen LogP contribution in [0.4, 0.5) is 5.69 Å². The number of nitrogens with one attached hydrogen (secondary N) is 3. The number of amides is 2. The summed E-state index contributed by atoms with van der Waals surface area (Å²) in [6.07, 6.45) is 0. The van der Waals surface area contributed by atoms with E-state index in [1.54, 1.807) is 23.9 Å². The third kappa shape index (κ3) is 6.20. The summed E-state index contributed by atoms with van der Waals surface area (Å²) in [6, 6.07) is 13.6. The molecule has 0 unspecified atom stereocenters. The first-order valence-electron chi connectivity index (χ1n) is 8.58. The fourth-order valence-corrected chi connectivity index (χ4v) is 3.19. The number of carbonyl (C=O) groups excluding carboxylic acids is 2. The summed E-state index contributed by atoms with van der Waals surface area (Å²) >= 11 is 1.56. The van der Waals surface area contributed by atoms with Gasteiger partial charge >= 0.3 is 0 Å². The number of anilines is 1. The van der Waals surface area contributed by atoms with Gasteiger partial charge < -0.3 is 15.5 Å². The van der Waals surface area contributed by atoms with Crippen LogP contribution < -0.4 is 15.5 Å². The molecule has 0 bridgehead atoms. The minimum absolute atomic E-state index is 0.135. The summed E-state index contributed by atoms with van der Waals surface area (Å²) in [5, 5.41) is 5.74. The van der Waals surface area contributed by atoms with Gasteiger partial charge in [-0.25, -0.2) is 0 Å². The van der Waals surface area contributed by atoms with Crippen LogP contribution in [0.15, 0.2) is 52.3 Å². The van der Waals surface area contributed by atoms with E-state index >= 15 is 0 Å². The van der Waals surface area contributed by atoms with Crippen LogP contribution in [0.25, 0.3) is 0 Å². The molecule has 0 aliphatic carbocycles. The highest BCUT2D eigenvalue weighted by Gasteiger charge is 2.12. The summed E-state index contributed by atoms with van der Waals surface area (Å²) < 4.78 is 0. The summed E-state index contributed by atoms with van der Waals surface area (Å²) in [5.41, 5.74) is 2.38. The van der Waals surface area contributed by atoms with E-state index in [4.69, 9.17) is 0 Å². The maximum Gasteiger partial charge on any atom is 0.251 e. The number of likely N-dealkylation sites (N-methyl/N-ethyl adjacent to an activating group) is 1. The van der Waals surface area contributed by atoms with Crippen molar-refractivity contribution in [1.82, 2.24) is 5.32 Å². The zero-order chi connectivity index (χ0) is 19.1. The van der Waals surface area contributed by atoms with Gasteiger partial charge in [-0.05, 0) is 37.3 Å². The highest BCUT2D eigenvalue weighted by atomic mass is 32.2. The van der Waals surface area contributed by atoms with Crippen molar-refractivity contribution in [2.45, 2.75) is 23.6 Å². The van der Waals surface area contributed by atoms with Gasteiger partial charge in [0, 0.05) is 22.3 Å². The van der Waals surface area contributed by atoms with E-state index in [0.717, 1.165) is 16.3 Å². The number of quaternary nitrogens is 1. The van der Waals surface area contributed by atoms with Crippen molar-refractivity contribution in [3.63, 3.8) is 0 Å². The van der Waals surface area contributed by atoms with Crippen molar-refractivity contribution >= 4 is 29.3 Å². The van der Waals surface area contributed by atoms with Crippen LogP contribution in [0.2, 0.25) is 0 Å². The Morgan fingerprint density at radius 1 is 1.08 bits per heavy atom. The van der Waals surface area contributed by atoms with Gasteiger partial charge in [0.2, 0.25) is 5.91 Å². The van der Waals surface area contributed by atoms with Crippen molar-refractivity contribution in [3.8, 4) is 0 Å². The van der Waals surface area contributed by atoms with E-state index in [-0.39, 0.29) is 11.8 Å². The molecule has 2 amide bonds. The Morgan fingerprint density at radius 3 is 2.38 bits per heavy atom. The monoisotopic (exact) mass is 372 g/mol. The van der Waals surface area contributed by atoms with Crippen LogP contribution in [0.5, 0.6) is 0 Å². The first kappa shape index (κ1) is 20.0. The van der Waals surface area contributed by atoms with Gasteiger partial charge in [0.25, 0.3) is 5.91 Å². The summed E-state index contributed by atoms with van der Waals surface area (Å²) in [5.74, 6) is -0.297. The zero-order valence-electron chi connectivity index (χ0n) is 15.7. The van der Waals surface area contributed by atoms with Crippen LogP contribution >= 0.6 is 11.8 Å². The molecule has 138 valence electrons. The minimum Gasteiger partial charge on any atom is -0.346 e. The third-order valence-electron chi connectivity index (χ3n) is 3.71. The molecule has 6 heteroatoms. The van der Waals surface area contributed by atoms with Crippen molar-refractivity contribution in [3.05, 3.63) is 53.6 Å². The quantitative estimate of drug-likeness (QED) is 0.696. The van der Waals surface area contributed by atoms with Crippen molar-refractivity contribution in [2.24, 2.45) is 0 Å². The Balaban J connectivity index is 2.19. The number of hydrogen-bond acceptors (Lipinski definition) is 3. The molecule has 0 aliphatic heterocycles. The second-order valence-corrected chi connectivity index (χ2v) is 7.64. The molecule has 5 nitrogen and oxygen atoms in total. The average Bonchev–Trinajstić information content (AvgIpc) is 2.57. The van der Waals surface area contributed by atoms with Gasteiger partial charge in [-0.3, -0.25) is 9.59 Å². The lowest BCUT2D eigenvalue weighted by atomic mass is 10.2. The lowest BCUT2D eigenvalue weighted by Crippen LogP contribution is -3.06. The normalized spacial score (nSPS) is 10.7. The van der Waals surface area contributed by atoms with E-state index in [1.165, 1.54) is 17.4 Å². The standard InChI is InChI=1S/C20H25N3O2S/c1-14-5-8-17(9-6-14)26-19-10-7-16(13-18(19)22-15(2)24)20(25)21-11-12-23(3)4/h5-10,13H,11-12H2,1-4H3,(H,21,25)(H,22,24)/p+1. The summed E-state index contributed by atoms with van der Waals surface area (Å²) in [4.78, 5) is 27.1. The number of carbonyl (C=O) groups is 2. The molecule has 0 radical (unpaired) electrons. The van der Waals surface area contributed by atoms with E-state index in [1.807, 2.05) is 39.2 Å². The highest BCUT2D eigenvalue weighted by Crippen LogP contribution is 2.34. The Hall–Kier alpha value is -2.31. The molecule has 2 rings (SSSR count). The number of rotatable bonds is 7. The first-order chi connectivity index (χ1) is 12.3. The molecule has 0 saturated heterocycles. The molecule has 0 saturated carbocycles. The molecular weight excluding hydrogens is 346 g/mol. The molecular formula is C20H26N3O2S+. The van der Waals surface area contributed by atoms with Gasteiger partial charge in [-0.2, -0.15) is 0 Å². The molecule has 3 N–H and O–H groups in total. The van der Waals surface area contributed by atoms with Crippen LogP contribution in [-0.2, 0) is 4.79 Å². The van der Waals surface area contributed by atoms with E-state index in [9.17, 15) is 9.59 Å². The average molecular weight is 373 g/mol. The lowest BCUT2D eigenvalue weighted by molar-refractivity contribution is -0.856. The Morgan fingerprint density at radius 2 is 1.77 bits per heavy atom. The van der Waals surface area contributed by atoms with Gasteiger partial charge in [-0.1, -0.05) is 29.5 Å². The molecule has 26 heavy (non-hydrogen) atoms. The maximum atomic E-state index is 12.3. The SMILES string of the molecule is CC(=O)Nc1cc(C(=O)NCC[NH+](C)C)ccc1Sc1ccc(C)cc1. The number of benzene rings is 2. The van der Waals surface area contributed by atoms with Crippen LogP contribution in [-0.4, -0.2) is 39.0 Å². The second kappa shape index (κ2) is 9.40. The Bertz CT molecular complexity index is 773. The molecule has 0 heterocycles. The van der Waals surface area contributed by atoms with Crippen molar-refractivity contribution < 1.29 is 14.5 Å². The van der Waals surface area contributed by atoms with Gasteiger partial charge in [0.1, 0.15) is 0 Å². The van der Waals surface area contributed by atoms with Gasteiger partial charge in [0.05, 0.1) is 32.9 Å². The zero-order valence-corrected chi connectivity index (χ0v) is 16.5. The second-order valence-electron chi connectivity index (χ2n) is 6.52. The van der Waals surface area contributed by atoms with Gasteiger partial charge in [-0.15, -0.1) is 0 Å². The van der Waals surface area contributed by atoms with E-state index in [2.05, 4.69) is 22.8 Å². The molecule has 0 aromatic heterocycles. The summed E-state index contributed by atoms with van der Waals surface area (Å²) in [7, 11) is 4.08. The van der Waals surface area contributed by atoms with E-state index in [0.29, 0.717) is 17.8 Å². The lowest BCUT2D eigenvalue weighted by Gasteiger charge is -2.13. The molecule has 2 aromatic rings. The molecule has 0 fully saturated rings. The Kier molecular flexibility index (Phi) is 7.24. The van der Waals surface area contributed by atoms with Crippen LogP contribution in [0.1, 0.15) is 22.8 Å². The molecule has 0 atom stereocenters. The van der Waals surface area contributed by atoms with Crippen molar-refractivity contribution in [2.75, 3.05) is 32.5 Å². The molecule has 0 spiro atoms. The number of hydrogen-bond donors (Lipinski definition) is 3. The van der Waals surface area contributed by atoms with Crippen LogP contribution in [0, 0.1) is 6.92 Å². The maximum absolute atomic E-state index is 12.3. The highest BCUT2D eigenvalue weighted by molar-refractivity contribution is 7.99. The minimum atomic E-state index is -0.162. The fraction of sp³-hybridized carbons (Fsp3) is 0.300. The number of aryl methyl sites for hydroxylation is 1. The first-order valence-corrected chi connectivity index (χ1v) is 9.40. The van der Waals surface area contributed by atoms with Crippen LogP contribution in [0.3, 0.4) is 0 Å². The largest absolute Gasteiger partial charge is 0.346 e. The smallest absolute Gasteiger partial charge is 0.251 e. The predicted molar refractivity (Wildman–Crippen MR) is 106 cm³/mol. The summed E-state index contributed by atoms with van der Waals surface area (Å²) in [6.45, 7) is 4.97. The molecule has 2 aromatic carbocycles. The predicted octanol–water partition coefficient (Wildman–Crippen LogP) is 1.98. The molecule has 0 aliphatic rings.